The van der Waals surface area contributed by atoms with Crippen LogP contribution in [0.4, 0.5) is 5.69 Å². The largest absolute Gasteiger partial charge is 0.487 e. The molecule has 1 aromatic carbocycles. The first-order valence-corrected chi connectivity index (χ1v) is 12.4. The van der Waals surface area contributed by atoms with Gasteiger partial charge in [-0.15, -0.1) is 0 Å². The van der Waals surface area contributed by atoms with Crippen LogP contribution >= 0.6 is 0 Å². The third-order valence-corrected chi connectivity index (χ3v) is 8.84. The van der Waals surface area contributed by atoms with Crippen LogP contribution in [0.25, 0.3) is 0 Å². The zero-order valence-corrected chi connectivity index (χ0v) is 16.8. The highest BCUT2D eigenvalue weighted by Gasteiger charge is 2.41. The van der Waals surface area contributed by atoms with Crippen molar-refractivity contribution in [3.63, 3.8) is 0 Å². The Labute approximate surface area is 162 Å². The van der Waals surface area contributed by atoms with Gasteiger partial charge in [-0.25, -0.2) is 8.42 Å². The molecule has 1 spiro atoms. The second-order valence-corrected chi connectivity index (χ2v) is 11.1. The van der Waals surface area contributed by atoms with Crippen LogP contribution in [0.3, 0.4) is 0 Å². The smallest absolute Gasteiger partial charge is 0.153 e. The van der Waals surface area contributed by atoms with Gasteiger partial charge in [-0.3, -0.25) is 0 Å². The third kappa shape index (κ3) is 3.46. The molecule has 3 fully saturated rings. The van der Waals surface area contributed by atoms with E-state index in [1.54, 1.807) is 0 Å². The summed E-state index contributed by atoms with van der Waals surface area (Å²) in [6.45, 7) is 3.56. The van der Waals surface area contributed by atoms with Crippen LogP contribution in [0.15, 0.2) is 18.2 Å². The van der Waals surface area contributed by atoms with Crippen LogP contribution in [-0.4, -0.2) is 62.6 Å². The molecule has 1 saturated carbocycles. The van der Waals surface area contributed by atoms with E-state index in [0.29, 0.717) is 13.1 Å². The number of ether oxygens (including phenoxy) is 1. The van der Waals surface area contributed by atoms with Crippen molar-refractivity contribution in [2.45, 2.75) is 56.6 Å². The van der Waals surface area contributed by atoms with E-state index >= 15 is 0 Å². The van der Waals surface area contributed by atoms with E-state index < -0.39 is 9.84 Å². The number of nitrogens with zero attached hydrogens (tertiary/aromatic N) is 2. The van der Waals surface area contributed by atoms with Gasteiger partial charge < -0.3 is 14.5 Å². The van der Waals surface area contributed by atoms with Crippen LogP contribution in [-0.2, 0) is 16.3 Å². The number of benzene rings is 1. The Bertz CT molecular complexity index is 797. The number of anilines is 1. The van der Waals surface area contributed by atoms with Crippen LogP contribution in [0.5, 0.6) is 5.75 Å². The highest BCUT2D eigenvalue weighted by atomic mass is 32.2. The van der Waals surface area contributed by atoms with Gasteiger partial charge in [0.15, 0.2) is 9.84 Å². The molecule has 5 nitrogen and oxygen atoms in total. The molecular formula is C21H30N2O3S. The van der Waals surface area contributed by atoms with Crippen molar-refractivity contribution < 1.29 is 13.2 Å². The molecule has 1 aromatic rings. The molecule has 2 saturated heterocycles. The van der Waals surface area contributed by atoms with Gasteiger partial charge in [0.1, 0.15) is 11.4 Å². The number of hydrogen-bond donors (Lipinski definition) is 0. The van der Waals surface area contributed by atoms with Crippen LogP contribution in [0, 0.1) is 0 Å². The Morgan fingerprint density at radius 3 is 2.41 bits per heavy atom. The molecule has 0 bridgehead atoms. The number of likely N-dealkylation sites (tertiary alicyclic amines) is 1. The predicted molar refractivity (Wildman–Crippen MR) is 107 cm³/mol. The lowest BCUT2D eigenvalue weighted by Gasteiger charge is -2.48. The first-order chi connectivity index (χ1) is 13.0. The van der Waals surface area contributed by atoms with E-state index in [1.807, 2.05) is 0 Å². The van der Waals surface area contributed by atoms with E-state index in [2.05, 4.69) is 28.0 Å². The predicted octanol–water partition coefficient (Wildman–Crippen LogP) is 2.63. The van der Waals surface area contributed by atoms with E-state index in [9.17, 15) is 8.42 Å². The molecule has 0 N–H and O–H groups in total. The van der Waals surface area contributed by atoms with Crippen molar-refractivity contribution in [3.8, 4) is 5.75 Å². The number of sulfone groups is 1. The van der Waals surface area contributed by atoms with E-state index in [0.717, 1.165) is 43.2 Å². The average Bonchev–Trinajstić information content (AvgIpc) is 2.62. The Morgan fingerprint density at radius 2 is 1.74 bits per heavy atom. The Kier molecular flexibility index (Phi) is 4.39. The number of hydrogen-bond acceptors (Lipinski definition) is 5. The van der Waals surface area contributed by atoms with Gasteiger partial charge in [-0.05, 0) is 62.3 Å². The zero-order valence-electron chi connectivity index (χ0n) is 16.0. The minimum Gasteiger partial charge on any atom is -0.487 e. The Hall–Kier alpha value is -1.27. The fourth-order valence-electron chi connectivity index (χ4n) is 5.08. The minimum absolute atomic E-state index is 0.0357. The van der Waals surface area contributed by atoms with E-state index in [4.69, 9.17) is 4.74 Å². The van der Waals surface area contributed by atoms with Crippen molar-refractivity contribution >= 4 is 15.5 Å². The van der Waals surface area contributed by atoms with Gasteiger partial charge in [0.05, 0.1) is 11.5 Å². The summed E-state index contributed by atoms with van der Waals surface area (Å²) in [5.74, 6) is 1.58. The summed E-state index contributed by atoms with van der Waals surface area (Å²) in [7, 11) is -2.84. The number of aryl methyl sites for hydroxylation is 1. The van der Waals surface area contributed by atoms with Gasteiger partial charge in [0.2, 0.25) is 0 Å². The van der Waals surface area contributed by atoms with E-state index in [-0.39, 0.29) is 17.1 Å². The van der Waals surface area contributed by atoms with Gasteiger partial charge in [-0.2, -0.15) is 0 Å². The maximum atomic E-state index is 11.7. The first-order valence-electron chi connectivity index (χ1n) is 10.5. The normalized spacial score (nSPS) is 27.6. The van der Waals surface area contributed by atoms with Crippen LogP contribution in [0.2, 0.25) is 0 Å². The highest BCUT2D eigenvalue weighted by molar-refractivity contribution is 7.91. The second kappa shape index (κ2) is 6.66. The number of fused-ring (bicyclic) bond motifs is 1. The molecule has 0 atom stereocenters. The van der Waals surface area contributed by atoms with Crippen LogP contribution in [0.1, 0.15) is 44.1 Å². The number of rotatable bonds is 2. The summed E-state index contributed by atoms with van der Waals surface area (Å²) >= 11 is 0. The lowest BCUT2D eigenvalue weighted by atomic mass is 9.81. The molecular weight excluding hydrogens is 360 g/mol. The zero-order chi connectivity index (χ0) is 18.5. The molecule has 5 rings (SSSR count). The highest BCUT2D eigenvalue weighted by Crippen LogP contribution is 2.42. The Morgan fingerprint density at radius 1 is 1.00 bits per heavy atom. The lowest BCUT2D eigenvalue weighted by molar-refractivity contribution is -0.0336. The van der Waals surface area contributed by atoms with Gasteiger partial charge >= 0.3 is 0 Å². The standard InChI is InChI=1S/C21H30N2O3S/c24-27(25)14-12-23(13-15-27)19-4-5-20-17(16-19)6-7-21(26-20)8-10-22(11-9-21)18-2-1-3-18/h4-5,16,18H,1-3,6-15H2. The lowest BCUT2D eigenvalue weighted by Crippen LogP contribution is -2.53. The topological polar surface area (TPSA) is 49.9 Å². The van der Waals surface area contributed by atoms with Crippen molar-refractivity contribution in [2.24, 2.45) is 0 Å². The van der Waals surface area contributed by atoms with Crippen molar-refractivity contribution in [1.82, 2.24) is 4.90 Å². The molecule has 0 amide bonds. The molecule has 0 aromatic heterocycles. The van der Waals surface area contributed by atoms with Crippen molar-refractivity contribution in [1.29, 1.82) is 0 Å². The molecule has 0 radical (unpaired) electrons. The SMILES string of the molecule is O=S1(=O)CCN(c2ccc3c(c2)CCC2(CCN(C4CCC4)CC2)O3)CC1. The average molecular weight is 391 g/mol. The van der Waals surface area contributed by atoms with Crippen LogP contribution < -0.4 is 9.64 Å². The van der Waals surface area contributed by atoms with Crippen molar-refractivity contribution in [2.75, 3.05) is 42.6 Å². The van der Waals surface area contributed by atoms with Crippen molar-refractivity contribution in [3.05, 3.63) is 23.8 Å². The second-order valence-electron chi connectivity index (χ2n) is 8.84. The molecule has 27 heavy (non-hydrogen) atoms. The summed E-state index contributed by atoms with van der Waals surface area (Å²) < 4.78 is 29.9. The summed E-state index contributed by atoms with van der Waals surface area (Å²) in [5, 5.41) is 0. The molecule has 148 valence electrons. The molecule has 1 aliphatic carbocycles. The number of piperidine rings is 1. The summed E-state index contributed by atoms with van der Waals surface area (Å²) in [6.07, 6.45) is 8.65. The third-order valence-electron chi connectivity index (χ3n) is 7.23. The Balaban J connectivity index is 1.26. The summed E-state index contributed by atoms with van der Waals surface area (Å²) in [5.41, 5.74) is 2.46. The minimum atomic E-state index is -2.84. The maximum absolute atomic E-state index is 11.7. The molecule has 4 aliphatic rings. The summed E-state index contributed by atoms with van der Waals surface area (Å²) in [6, 6.07) is 7.30. The van der Waals surface area contributed by atoms with Gasteiger partial charge in [0.25, 0.3) is 0 Å². The molecule has 6 heteroatoms. The maximum Gasteiger partial charge on any atom is 0.153 e. The fraction of sp³-hybridized carbons (Fsp3) is 0.714. The first kappa shape index (κ1) is 17.8. The summed E-state index contributed by atoms with van der Waals surface area (Å²) in [4.78, 5) is 4.88. The fourth-order valence-corrected chi connectivity index (χ4v) is 6.28. The van der Waals surface area contributed by atoms with Gasteiger partial charge in [0, 0.05) is 37.9 Å². The quantitative estimate of drug-likeness (QED) is 0.777. The monoisotopic (exact) mass is 390 g/mol. The molecule has 3 heterocycles. The van der Waals surface area contributed by atoms with Gasteiger partial charge in [-0.1, -0.05) is 6.42 Å². The molecule has 3 aliphatic heterocycles. The van der Waals surface area contributed by atoms with E-state index in [1.165, 1.54) is 37.9 Å². The molecule has 0 unspecified atom stereocenters.